The molecule has 2 N–H and O–H groups in total. The Bertz CT molecular complexity index is 443. The van der Waals surface area contributed by atoms with Gasteiger partial charge in [-0.15, -0.1) is 0 Å². The molecule has 0 fully saturated rings. The van der Waals surface area contributed by atoms with E-state index >= 15 is 0 Å². The first-order valence-electron chi connectivity index (χ1n) is 5.41. The maximum Gasteiger partial charge on any atom is 0.267 e. The Morgan fingerprint density at radius 3 is 2.81 bits per heavy atom. The normalized spacial score (nSPS) is 19.3. The lowest BCUT2D eigenvalue weighted by Gasteiger charge is -2.31. The summed E-state index contributed by atoms with van der Waals surface area (Å²) in [7, 11) is 1.75. The minimum absolute atomic E-state index is 0.0415. The van der Waals surface area contributed by atoms with E-state index in [1.54, 1.807) is 24.9 Å². The highest BCUT2D eigenvalue weighted by Crippen LogP contribution is 2.38. The number of hydrogen-bond donors (Lipinski definition) is 1. The van der Waals surface area contributed by atoms with Gasteiger partial charge in [0.25, 0.3) is 5.91 Å². The van der Waals surface area contributed by atoms with Crippen LogP contribution in [0, 0.1) is 0 Å². The molecule has 0 aromatic heterocycles. The molecule has 1 atom stereocenters. The van der Waals surface area contributed by atoms with Crippen LogP contribution in [-0.2, 0) is 11.2 Å². The number of nitrogen functional groups attached to an aromatic ring is 1. The molecule has 1 amide bonds. The first-order valence-corrected chi connectivity index (χ1v) is 5.41. The Kier molecular flexibility index (Phi) is 2.50. The van der Waals surface area contributed by atoms with Gasteiger partial charge in [0.1, 0.15) is 5.75 Å². The predicted octanol–water partition coefficient (Wildman–Crippen LogP) is 1.57. The second-order valence-corrected chi connectivity index (χ2v) is 4.04. The van der Waals surface area contributed by atoms with Crippen molar-refractivity contribution in [2.45, 2.75) is 26.4 Å². The van der Waals surface area contributed by atoms with E-state index in [4.69, 9.17) is 10.5 Å². The van der Waals surface area contributed by atoms with Crippen molar-refractivity contribution < 1.29 is 9.53 Å². The third kappa shape index (κ3) is 1.50. The van der Waals surface area contributed by atoms with Crippen LogP contribution in [0.1, 0.15) is 19.4 Å². The fraction of sp³-hybridized carbons (Fsp3) is 0.417. The Morgan fingerprint density at radius 2 is 2.19 bits per heavy atom. The van der Waals surface area contributed by atoms with Crippen LogP contribution in [0.15, 0.2) is 12.1 Å². The molecule has 0 saturated carbocycles. The Morgan fingerprint density at radius 1 is 1.50 bits per heavy atom. The van der Waals surface area contributed by atoms with Crippen LogP contribution >= 0.6 is 0 Å². The van der Waals surface area contributed by atoms with E-state index in [1.165, 1.54) is 0 Å². The second-order valence-electron chi connectivity index (χ2n) is 4.04. The standard InChI is InChI=1S/C12H16N2O2/c1-4-8-5-9(13)6-10-11(8)16-7(2)12(15)14(10)3/h5-7H,4,13H2,1-3H3. The number of carbonyl (C=O) groups is 1. The van der Waals surface area contributed by atoms with Crippen molar-refractivity contribution >= 4 is 17.3 Å². The SMILES string of the molecule is CCc1cc(N)cc2c1OC(C)C(=O)N2C. The van der Waals surface area contributed by atoms with Gasteiger partial charge in [0.15, 0.2) is 6.10 Å². The monoisotopic (exact) mass is 220 g/mol. The van der Waals surface area contributed by atoms with Crippen LogP contribution in [0.2, 0.25) is 0 Å². The molecule has 1 aromatic carbocycles. The zero-order chi connectivity index (χ0) is 11.9. The van der Waals surface area contributed by atoms with Crippen LogP contribution in [0.5, 0.6) is 5.75 Å². The Hall–Kier alpha value is -1.71. The van der Waals surface area contributed by atoms with Gasteiger partial charge in [-0.2, -0.15) is 0 Å². The quantitative estimate of drug-likeness (QED) is 0.731. The van der Waals surface area contributed by atoms with Gasteiger partial charge in [0, 0.05) is 12.7 Å². The van der Waals surface area contributed by atoms with Gasteiger partial charge < -0.3 is 15.4 Å². The van der Waals surface area contributed by atoms with E-state index in [-0.39, 0.29) is 5.91 Å². The zero-order valence-electron chi connectivity index (χ0n) is 9.78. The van der Waals surface area contributed by atoms with Crippen LogP contribution in [-0.4, -0.2) is 19.1 Å². The van der Waals surface area contributed by atoms with E-state index in [0.717, 1.165) is 23.4 Å². The summed E-state index contributed by atoms with van der Waals surface area (Å²) in [6.07, 6.45) is 0.411. The summed E-state index contributed by atoms with van der Waals surface area (Å²) in [5, 5.41) is 0. The molecule has 86 valence electrons. The molecular weight excluding hydrogens is 204 g/mol. The van der Waals surface area contributed by atoms with E-state index in [2.05, 4.69) is 0 Å². The number of likely N-dealkylation sites (N-methyl/N-ethyl adjacent to an activating group) is 1. The molecule has 0 radical (unpaired) electrons. The number of nitrogens with zero attached hydrogens (tertiary/aromatic N) is 1. The molecule has 4 heteroatoms. The average molecular weight is 220 g/mol. The molecule has 1 aliphatic rings. The Labute approximate surface area is 95.0 Å². The van der Waals surface area contributed by atoms with Crippen LogP contribution < -0.4 is 15.4 Å². The van der Waals surface area contributed by atoms with Crippen molar-refractivity contribution in [1.82, 2.24) is 0 Å². The molecule has 1 aliphatic heterocycles. The highest BCUT2D eigenvalue weighted by molar-refractivity contribution is 6.00. The van der Waals surface area contributed by atoms with Gasteiger partial charge in [0.2, 0.25) is 0 Å². The molecule has 1 unspecified atom stereocenters. The fourth-order valence-electron chi connectivity index (χ4n) is 1.96. The third-order valence-electron chi connectivity index (χ3n) is 2.88. The molecule has 1 aromatic rings. The van der Waals surface area contributed by atoms with Crippen LogP contribution in [0.4, 0.5) is 11.4 Å². The molecule has 2 rings (SSSR count). The predicted molar refractivity (Wildman–Crippen MR) is 63.7 cm³/mol. The lowest BCUT2D eigenvalue weighted by Crippen LogP contribution is -2.42. The summed E-state index contributed by atoms with van der Waals surface area (Å²) < 4.78 is 5.64. The molecule has 16 heavy (non-hydrogen) atoms. The lowest BCUT2D eigenvalue weighted by molar-refractivity contribution is -0.125. The molecule has 4 nitrogen and oxygen atoms in total. The fourth-order valence-corrected chi connectivity index (χ4v) is 1.96. The largest absolute Gasteiger partial charge is 0.478 e. The van der Waals surface area contributed by atoms with Crippen molar-refractivity contribution in [3.63, 3.8) is 0 Å². The number of ether oxygens (including phenoxy) is 1. The molecule has 1 heterocycles. The molecule has 0 aliphatic carbocycles. The molecule has 0 spiro atoms. The number of benzene rings is 1. The van der Waals surface area contributed by atoms with Crippen LogP contribution in [0.3, 0.4) is 0 Å². The summed E-state index contributed by atoms with van der Waals surface area (Å²) in [5.74, 6) is 0.742. The van der Waals surface area contributed by atoms with Gasteiger partial charge in [-0.1, -0.05) is 6.92 Å². The topological polar surface area (TPSA) is 55.6 Å². The minimum atomic E-state index is -0.425. The van der Waals surface area contributed by atoms with E-state index in [1.807, 2.05) is 13.0 Å². The average Bonchev–Trinajstić information content (AvgIpc) is 2.26. The first kappa shape index (κ1) is 10.8. The van der Waals surface area contributed by atoms with E-state index < -0.39 is 6.10 Å². The van der Waals surface area contributed by atoms with Crippen LogP contribution in [0.25, 0.3) is 0 Å². The maximum absolute atomic E-state index is 11.8. The number of amides is 1. The van der Waals surface area contributed by atoms with Crippen molar-refractivity contribution in [2.75, 3.05) is 17.7 Å². The molecule has 0 bridgehead atoms. The van der Waals surface area contributed by atoms with Gasteiger partial charge in [-0.3, -0.25) is 4.79 Å². The number of rotatable bonds is 1. The number of nitrogens with two attached hydrogens (primary N) is 1. The van der Waals surface area contributed by atoms with Crippen molar-refractivity contribution in [3.05, 3.63) is 17.7 Å². The second kappa shape index (κ2) is 3.70. The van der Waals surface area contributed by atoms with E-state index in [0.29, 0.717) is 5.69 Å². The minimum Gasteiger partial charge on any atom is -0.478 e. The number of hydrogen-bond acceptors (Lipinski definition) is 3. The number of carbonyl (C=O) groups excluding carboxylic acids is 1. The van der Waals surface area contributed by atoms with Gasteiger partial charge in [-0.05, 0) is 31.0 Å². The summed E-state index contributed by atoms with van der Waals surface area (Å²) >= 11 is 0. The maximum atomic E-state index is 11.8. The molecular formula is C12H16N2O2. The third-order valence-corrected chi connectivity index (χ3v) is 2.88. The lowest BCUT2D eigenvalue weighted by atomic mass is 10.1. The van der Waals surface area contributed by atoms with Crippen molar-refractivity contribution in [2.24, 2.45) is 0 Å². The zero-order valence-corrected chi connectivity index (χ0v) is 9.78. The van der Waals surface area contributed by atoms with E-state index in [9.17, 15) is 4.79 Å². The Balaban J connectivity index is 2.59. The van der Waals surface area contributed by atoms with Gasteiger partial charge in [0.05, 0.1) is 5.69 Å². The number of anilines is 2. The summed E-state index contributed by atoms with van der Waals surface area (Å²) in [4.78, 5) is 13.4. The summed E-state index contributed by atoms with van der Waals surface area (Å²) in [6.45, 7) is 3.80. The summed E-state index contributed by atoms with van der Waals surface area (Å²) in [6, 6.07) is 3.67. The van der Waals surface area contributed by atoms with Crippen molar-refractivity contribution in [3.8, 4) is 5.75 Å². The van der Waals surface area contributed by atoms with Gasteiger partial charge in [-0.25, -0.2) is 0 Å². The summed E-state index contributed by atoms with van der Waals surface area (Å²) in [5.41, 5.74) is 8.27. The van der Waals surface area contributed by atoms with Crippen molar-refractivity contribution in [1.29, 1.82) is 0 Å². The number of fused-ring (bicyclic) bond motifs is 1. The highest BCUT2D eigenvalue weighted by Gasteiger charge is 2.30. The highest BCUT2D eigenvalue weighted by atomic mass is 16.5. The number of aryl methyl sites for hydroxylation is 1. The smallest absolute Gasteiger partial charge is 0.267 e. The van der Waals surface area contributed by atoms with Gasteiger partial charge >= 0.3 is 0 Å². The molecule has 0 saturated heterocycles. The first-order chi connectivity index (χ1) is 7.54.